The topological polar surface area (TPSA) is 19.9 Å². The molecular formula is C8H10Br2N2. The van der Waals surface area contributed by atoms with Crippen LogP contribution in [0.5, 0.6) is 0 Å². The molecule has 2 aliphatic rings. The van der Waals surface area contributed by atoms with Gasteiger partial charge in [-0.1, -0.05) is 28.1 Å². The lowest BCUT2D eigenvalue weighted by atomic mass is 10.3. The van der Waals surface area contributed by atoms with Gasteiger partial charge in [-0.3, -0.25) is 5.32 Å². The van der Waals surface area contributed by atoms with Crippen LogP contribution >= 0.6 is 15.9 Å². The predicted molar refractivity (Wildman–Crippen MR) is 47.7 cm³/mol. The van der Waals surface area contributed by atoms with Crippen molar-refractivity contribution in [2.75, 3.05) is 13.1 Å². The Bertz CT molecular complexity index is 256. The lowest BCUT2D eigenvalue weighted by molar-refractivity contribution is -0.549. The van der Waals surface area contributed by atoms with Crippen LogP contribution in [0.2, 0.25) is 0 Å². The first kappa shape index (κ1) is 10.0. The monoisotopic (exact) mass is 292 g/mol. The predicted octanol–water partition coefficient (Wildman–Crippen LogP) is -2.48. The molecule has 0 saturated carbocycles. The Kier molecular flexibility index (Phi) is 3.55. The minimum absolute atomic E-state index is 0. The molecule has 0 aromatic carbocycles. The van der Waals surface area contributed by atoms with Crippen molar-refractivity contribution in [1.82, 2.24) is 4.90 Å². The van der Waals surface area contributed by atoms with E-state index in [1.165, 1.54) is 11.5 Å². The third-order valence-electron chi connectivity index (χ3n) is 1.94. The van der Waals surface area contributed by atoms with Crippen molar-refractivity contribution in [3.05, 3.63) is 34.7 Å². The van der Waals surface area contributed by atoms with Gasteiger partial charge < -0.3 is 21.9 Å². The molecule has 66 valence electrons. The molecule has 0 bridgehead atoms. The van der Waals surface area contributed by atoms with Crippen LogP contribution in [0.25, 0.3) is 0 Å². The quantitative estimate of drug-likeness (QED) is 0.524. The molecule has 4 heteroatoms. The highest BCUT2D eigenvalue weighted by molar-refractivity contribution is 9.11. The van der Waals surface area contributed by atoms with Gasteiger partial charge in [0, 0.05) is 17.6 Å². The Balaban J connectivity index is 0.000000720. The summed E-state index contributed by atoms with van der Waals surface area (Å²) >= 11 is 3.34. The fourth-order valence-electron chi connectivity index (χ4n) is 1.38. The fraction of sp³-hybridized carbons (Fsp3) is 0.250. The summed E-state index contributed by atoms with van der Waals surface area (Å²) < 4.78 is 0. The van der Waals surface area contributed by atoms with Crippen molar-refractivity contribution in [2.24, 2.45) is 0 Å². The Hall–Kier alpha value is -0.0600. The van der Waals surface area contributed by atoms with Crippen LogP contribution < -0.4 is 22.3 Å². The number of hydrogen-bond acceptors (Lipinski definition) is 1. The number of rotatable bonds is 0. The van der Waals surface area contributed by atoms with Gasteiger partial charge in [-0.2, -0.15) is 0 Å². The second-order valence-electron chi connectivity index (χ2n) is 2.73. The number of halogens is 2. The molecular weight excluding hydrogens is 284 g/mol. The Morgan fingerprint density at radius 2 is 2.42 bits per heavy atom. The lowest BCUT2D eigenvalue weighted by Gasteiger charge is -2.13. The molecule has 0 amide bonds. The Labute approximate surface area is 90.9 Å². The van der Waals surface area contributed by atoms with E-state index in [0.29, 0.717) is 0 Å². The maximum Gasteiger partial charge on any atom is 0.206 e. The molecule has 1 saturated heterocycles. The van der Waals surface area contributed by atoms with Crippen molar-refractivity contribution >= 4 is 15.9 Å². The summed E-state index contributed by atoms with van der Waals surface area (Å²) in [6.07, 6.45) is 6.43. The first-order valence-corrected chi connectivity index (χ1v) is 4.57. The van der Waals surface area contributed by atoms with E-state index in [0.717, 1.165) is 13.1 Å². The summed E-state index contributed by atoms with van der Waals surface area (Å²) in [5.41, 5.74) is 1.35. The van der Waals surface area contributed by atoms with Crippen molar-refractivity contribution < 1.29 is 22.3 Å². The van der Waals surface area contributed by atoms with Crippen LogP contribution in [-0.4, -0.2) is 18.0 Å². The highest BCUT2D eigenvalue weighted by atomic mass is 79.9. The SMILES string of the molecule is Br/C=C1\CN2CC=CC=C2[NH2+]1.[Br-]. The molecule has 0 aromatic rings. The second kappa shape index (κ2) is 4.25. The standard InChI is InChI=1S/C8H9BrN2.BrH/c9-5-7-6-11-4-2-1-3-8(11)10-7;/h1-3,5,10H,4,6H2;1H/b7-5+;. The molecule has 2 N–H and O–H groups in total. The molecule has 12 heavy (non-hydrogen) atoms. The van der Waals surface area contributed by atoms with Crippen LogP contribution in [0, 0.1) is 0 Å². The number of quaternary nitrogens is 1. The minimum Gasteiger partial charge on any atom is -1.00 e. The smallest absolute Gasteiger partial charge is 0.206 e. The molecule has 0 radical (unpaired) electrons. The normalized spacial score (nSPS) is 23.6. The van der Waals surface area contributed by atoms with Gasteiger partial charge in [0.05, 0.1) is 6.54 Å². The van der Waals surface area contributed by atoms with Gasteiger partial charge in [-0.25, -0.2) is 0 Å². The maximum absolute atomic E-state index is 3.34. The molecule has 2 nitrogen and oxygen atoms in total. The molecule has 1 fully saturated rings. The van der Waals surface area contributed by atoms with Gasteiger partial charge in [0.2, 0.25) is 5.82 Å². The average molecular weight is 294 g/mol. The molecule has 2 rings (SSSR count). The first-order valence-electron chi connectivity index (χ1n) is 3.66. The van der Waals surface area contributed by atoms with Crippen LogP contribution in [0.4, 0.5) is 0 Å². The summed E-state index contributed by atoms with van der Waals surface area (Å²) in [7, 11) is 0. The van der Waals surface area contributed by atoms with Gasteiger partial charge >= 0.3 is 0 Å². The number of fused-ring (bicyclic) bond motifs is 1. The summed E-state index contributed by atoms with van der Waals surface area (Å²) in [6, 6.07) is 0. The summed E-state index contributed by atoms with van der Waals surface area (Å²) in [4.78, 5) is 4.33. The Morgan fingerprint density at radius 3 is 3.08 bits per heavy atom. The first-order chi connectivity index (χ1) is 5.40. The molecule has 0 unspecified atom stereocenters. The van der Waals surface area contributed by atoms with Crippen LogP contribution in [0.3, 0.4) is 0 Å². The number of allylic oxidation sites excluding steroid dienone is 2. The summed E-state index contributed by atoms with van der Waals surface area (Å²) in [6.45, 7) is 2.09. The van der Waals surface area contributed by atoms with Crippen molar-refractivity contribution in [3.8, 4) is 0 Å². The number of nitrogens with zero attached hydrogens (tertiary/aromatic N) is 1. The van der Waals surface area contributed by atoms with Gasteiger partial charge in [0.15, 0.2) is 0 Å². The maximum atomic E-state index is 3.34. The Morgan fingerprint density at radius 1 is 1.58 bits per heavy atom. The summed E-state index contributed by atoms with van der Waals surface area (Å²) in [5.74, 6) is 1.33. The fourth-order valence-corrected chi connectivity index (χ4v) is 1.66. The van der Waals surface area contributed by atoms with Crippen molar-refractivity contribution in [3.63, 3.8) is 0 Å². The van der Waals surface area contributed by atoms with E-state index >= 15 is 0 Å². The van der Waals surface area contributed by atoms with E-state index in [2.05, 4.69) is 44.4 Å². The molecule has 2 aliphatic heterocycles. The van der Waals surface area contributed by atoms with Gasteiger partial charge in [0.25, 0.3) is 0 Å². The average Bonchev–Trinajstić information content (AvgIpc) is 2.46. The highest BCUT2D eigenvalue weighted by Gasteiger charge is 2.25. The van der Waals surface area contributed by atoms with Gasteiger partial charge in [-0.15, -0.1) is 0 Å². The summed E-state index contributed by atoms with van der Waals surface area (Å²) in [5, 5.41) is 2.21. The van der Waals surface area contributed by atoms with Crippen molar-refractivity contribution in [2.45, 2.75) is 0 Å². The van der Waals surface area contributed by atoms with Crippen LogP contribution in [-0.2, 0) is 0 Å². The highest BCUT2D eigenvalue weighted by Crippen LogP contribution is 2.10. The zero-order chi connectivity index (χ0) is 7.68. The molecule has 2 heterocycles. The van der Waals surface area contributed by atoms with Gasteiger partial charge in [-0.05, 0) is 0 Å². The zero-order valence-corrected chi connectivity index (χ0v) is 9.68. The van der Waals surface area contributed by atoms with E-state index in [1.54, 1.807) is 0 Å². The molecule has 0 aromatic heterocycles. The third kappa shape index (κ3) is 1.81. The second-order valence-corrected chi connectivity index (χ2v) is 3.19. The van der Waals surface area contributed by atoms with E-state index in [9.17, 15) is 0 Å². The number of nitrogens with two attached hydrogens (primary N) is 1. The zero-order valence-electron chi connectivity index (χ0n) is 6.50. The third-order valence-corrected chi connectivity index (χ3v) is 2.53. The van der Waals surface area contributed by atoms with Crippen LogP contribution in [0.1, 0.15) is 0 Å². The van der Waals surface area contributed by atoms with E-state index in [1.807, 2.05) is 4.99 Å². The van der Waals surface area contributed by atoms with Crippen LogP contribution in [0.15, 0.2) is 34.7 Å². The minimum atomic E-state index is 0. The van der Waals surface area contributed by atoms with Gasteiger partial charge in [0.1, 0.15) is 5.70 Å². The molecule has 0 aliphatic carbocycles. The largest absolute Gasteiger partial charge is 1.00 e. The molecule has 0 spiro atoms. The lowest BCUT2D eigenvalue weighted by Crippen LogP contribution is -3.00. The van der Waals surface area contributed by atoms with E-state index < -0.39 is 0 Å². The number of hydrogen-bond donors (Lipinski definition) is 1. The van der Waals surface area contributed by atoms with Crippen molar-refractivity contribution in [1.29, 1.82) is 0 Å². The molecule has 0 atom stereocenters. The van der Waals surface area contributed by atoms with E-state index in [-0.39, 0.29) is 17.0 Å². The van der Waals surface area contributed by atoms with E-state index in [4.69, 9.17) is 0 Å².